The van der Waals surface area contributed by atoms with Crippen molar-refractivity contribution in [3.8, 4) is 11.5 Å². The molecule has 1 aromatic rings. The molecule has 5 nitrogen and oxygen atoms in total. The standard InChI is InChI=1S/C20H29N3O2.HI/c1-4-6-7-12-23(3)19(21-5-2)22-14-20(10-11-20)16-8-9-17-18(13-16)25-15-24-17;/h4,8-9,13H,1,5-7,10-12,14-15H2,2-3H3,(H,21,22);1H. The van der Waals surface area contributed by atoms with E-state index in [4.69, 9.17) is 14.5 Å². The normalized spacial score (nSPS) is 16.6. The lowest BCUT2D eigenvalue weighted by Crippen LogP contribution is -2.40. The van der Waals surface area contributed by atoms with Gasteiger partial charge in [0.2, 0.25) is 6.79 Å². The summed E-state index contributed by atoms with van der Waals surface area (Å²) in [5, 5.41) is 3.41. The molecule has 0 atom stereocenters. The fourth-order valence-corrected chi connectivity index (χ4v) is 3.19. The van der Waals surface area contributed by atoms with Crippen LogP contribution in [0.5, 0.6) is 11.5 Å². The quantitative estimate of drug-likeness (QED) is 0.205. The first-order chi connectivity index (χ1) is 12.2. The molecule has 0 spiro atoms. The minimum absolute atomic E-state index is 0. The Bertz CT molecular complexity index is 644. The second-order valence-corrected chi connectivity index (χ2v) is 6.87. The molecule has 144 valence electrons. The molecule has 1 aliphatic heterocycles. The van der Waals surface area contributed by atoms with E-state index in [2.05, 4.69) is 42.9 Å². The first kappa shape index (κ1) is 20.9. The zero-order chi connectivity index (χ0) is 17.7. The average Bonchev–Trinajstić information content (AvgIpc) is 3.26. The van der Waals surface area contributed by atoms with Gasteiger partial charge in [-0.2, -0.15) is 0 Å². The summed E-state index contributed by atoms with van der Waals surface area (Å²) in [5.74, 6) is 2.69. The van der Waals surface area contributed by atoms with Crippen molar-refractivity contribution >= 4 is 29.9 Å². The van der Waals surface area contributed by atoms with E-state index < -0.39 is 0 Å². The Balaban J connectivity index is 0.00000243. The SMILES string of the molecule is C=CCCCN(C)C(=NCC1(c2ccc3c(c2)OCO3)CC1)NCC.I. The van der Waals surface area contributed by atoms with Crippen LogP contribution in [0.25, 0.3) is 0 Å². The fraction of sp³-hybridized carbons (Fsp3) is 0.550. The maximum atomic E-state index is 5.53. The summed E-state index contributed by atoms with van der Waals surface area (Å²) in [6.07, 6.45) is 6.45. The van der Waals surface area contributed by atoms with E-state index in [1.54, 1.807) is 0 Å². The van der Waals surface area contributed by atoms with Gasteiger partial charge in [0.25, 0.3) is 0 Å². The molecule has 0 bridgehead atoms. The number of aliphatic imine (C=N–C) groups is 1. The predicted molar refractivity (Wildman–Crippen MR) is 117 cm³/mol. The minimum atomic E-state index is 0. The van der Waals surface area contributed by atoms with E-state index in [1.165, 1.54) is 18.4 Å². The lowest BCUT2D eigenvalue weighted by atomic mass is 9.96. The van der Waals surface area contributed by atoms with Crippen molar-refractivity contribution in [1.82, 2.24) is 10.2 Å². The average molecular weight is 471 g/mol. The Labute approximate surface area is 173 Å². The Morgan fingerprint density at radius 1 is 1.35 bits per heavy atom. The highest BCUT2D eigenvalue weighted by molar-refractivity contribution is 14.0. The van der Waals surface area contributed by atoms with Crippen molar-refractivity contribution in [3.05, 3.63) is 36.4 Å². The maximum Gasteiger partial charge on any atom is 0.231 e. The van der Waals surface area contributed by atoms with Gasteiger partial charge in [0.1, 0.15) is 0 Å². The third-order valence-electron chi connectivity index (χ3n) is 4.97. The van der Waals surface area contributed by atoms with Crippen LogP contribution in [-0.4, -0.2) is 44.3 Å². The van der Waals surface area contributed by atoms with Crippen molar-refractivity contribution in [1.29, 1.82) is 0 Å². The van der Waals surface area contributed by atoms with Crippen molar-refractivity contribution in [2.75, 3.05) is 33.5 Å². The minimum Gasteiger partial charge on any atom is -0.454 e. The molecule has 0 radical (unpaired) electrons. The van der Waals surface area contributed by atoms with Crippen LogP contribution in [-0.2, 0) is 5.41 Å². The molecule has 1 aromatic carbocycles. The molecule has 0 saturated heterocycles. The molecule has 26 heavy (non-hydrogen) atoms. The van der Waals surface area contributed by atoms with Gasteiger partial charge in [0.05, 0.1) is 6.54 Å². The zero-order valence-corrected chi connectivity index (χ0v) is 18.1. The second-order valence-electron chi connectivity index (χ2n) is 6.87. The Hall–Kier alpha value is -1.44. The van der Waals surface area contributed by atoms with E-state index in [0.717, 1.165) is 49.9 Å². The molecule has 0 aromatic heterocycles. The van der Waals surface area contributed by atoms with Crippen LogP contribution in [0.3, 0.4) is 0 Å². The fourth-order valence-electron chi connectivity index (χ4n) is 3.19. The van der Waals surface area contributed by atoms with Crippen molar-refractivity contribution in [2.45, 2.75) is 38.0 Å². The van der Waals surface area contributed by atoms with E-state index >= 15 is 0 Å². The van der Waals surface area contributed by atoms with Crippen LogP contribution in [0.2, 0.25) is 0 Å². The number of guanidine groups is 1. The van der Waals surface area contributed by atoms with Gasteiger partial charge in [-0.1, -0.05) is 12.1 Å². The molecule has 6 heteroatoms. The molecule has 0 unspecified atom stereocenters. The molecular formula is C20H30IN3O2. The van der Waals surface area contributed by atoms with Crippen LogP contribution in [0, 0.1) is 0 Å². The highest BCUT2D eigenvalue weighted by atomic mass is 127. The number of hydrogen-bond acceptors (Lipinski definition) is 3. The van der Waals surface area contributed by atoms with E-state index in [1.807, 2.05) is 12.1 Å². The number of unbranched alkanes of at least 4 members (excludes halogenated alkanes) is 1. The monoisotopic (exact) mass is 471 g/mol. The summed E-state index contributed by atoms with van der Waals surface area (Å²) in [6, 6.07) is 6.32. The molecule has 1 heterocycles. The van der Waals surface area contributed by atoms with Gasteiger partial charge in [0.15, 0.2) is 17.5 Å². The molecular weight excluding hydrogens is 441 g/mol. The lowest BCUT2D eigenvalue weighted by molar-refractivity contribution is 0.174. The second kappa shape index (κ2) is 9.48. The highest BCUT2D eigenvalue weighted by Crippen LogP contribution is 2.50. The molecule has 2 aliphatic rings. The molecule has 3 rings (SSSR count). The van der Waals surface area contributed by atoms with Gasteiger partial charge in [-0.25, -0.2) is 0 Å². The first-order valence-electron chi connectivity index (χ1n) is 9.19. The van der Waals surface area contributed by atoms with Gasteiger partial charge in [0, 0.05) is 25.6 Å². The molecule has 1 fully saturated rings. The smallest absolute Gasteiger partial charge is 0.231 e. The summed E-state index contributed by atoms with van der Waals surface area (Å²) in [5.41, 5.74) is 1.47. The van der Waals surface area contributed by atoms with Gasteiger partial charge >= 0.3 is 0 Å². The number of ether oxygens (including phenoxy) is 2. The predicted octanol–water partition coefficient (Wildman–Crippen LogP) is 3.93. The summed E-state index contributed by atoms with van der Waals surface area (Å²) in [4.78, 5) is 7.14. The van der Waals surface area contributed by atoms with Crippen molar-refractivity contribution in [3.63, 3.8) is 0 Å². The van der Waals surface area contributed by atoms with Crippen molar-refractivity contribution in [2.24, 2.45) is 4.99 Å². The van der Waals surface area contributed by atoms with Crippen LogP contribution >= 0.6 is 24.0 Å². The Kier molecular flexibility index (Phi) is 7.61. The number of allylic oxidation sites excluding steroid dienone is 1. The summed E-state index contributed by atoms with van der Waals surface area (Å²) in [6.45, 7) is 8.89. The lowest BCUT2D eigenvalue weighted by Gasteiger charge is -2.23. The van der Waals surface area contributed by atoms with Crippen LogP contribution in [0.15, 0.2) is 35.8 Å². The van der Waals surface area contributed by atoms with E-state index in [9.17, 15) is 0 Å². The Morgan fingerprint density at radius 3 is 2.81 bits per heavy atom. The number of nitrogens with one attached hydrogen (secondary N) is 1. The number of hydrogen-bond donors (Lipinski definition) is 1. The summed E-state index contributed by atoms with van der Waals surface area (Å²) < 4.78 is 11.0. The third kappa shape index (κ3) is 4.84. The first-order valence-corrected chi connectivity index (χ1v) is 9.19. The van der Waals surface area contributed by atoms with Crippen LogP contribution < -0.4 is 14.8 Å². The largest absolute Gasteiger partial charge is 0.454 e. The van der Waals surface area contributed by atoms with Gasteiger partial charge in [-0.3, -0.25) is 4.99 Å². The molecule has 0 amide bonds. The molecule has 1 aliphatic carbocycles. The van der Waals surface area contributed by atoms with Crippen LogP contribution in [0.1, 0.15) is 38.2 Å². The number of fused-ring (bicyclic) bond motifs is 1. The number of rotatable bonds is 8. The van der Waals surface area contributed by atoms with Gasteiger partial charge in [-0.15, -0.1) is 30.6 Å². The molecule has 1 N–H and O–H groups in total. The van der Waals surface area contributed by atoms with E-state index in [0.29, 0.717) is 6.79 Å². The Morgan fingerprint density at radius 2 is 2.12 bits per heavy atom. The number of halogens is 1. The van der Waals surface area contributed by atoms with Crippen molar-refractivity contribution < 1.29 is 9.47 Å². The summed E-state index contributed by atoms with van der Waals surface area (Å²) >= 11 is 0. The zero-order valence-electron chi connectivity index (χ0n) is 15.8. The van der Waals surface area contributed by atoms with Gasteiger partial charge in [-0.05, 0) is 50.3 Å². The third-order valence-corrected chi connectivity index (χ3v) is 4.97. The molecule has 1 saturated carbocycles. The van der Waals surface area contributed by atoms with Crippen LogP contribution in [0.4, 0.5) is 0 Å². The maximum absolute atomic E-state index is 5.53. The number of nitrogens with zero attached hydrogens (tertiary/aromatic N) is 2. The topological polar surface area (TPSA) is 46.1 Å². The summed E-state index contributed by atoms with van der Waals surface area (Å²) in [7, 11) is 2.10. The van der Waals surface area contributed by atoms with Gasteiger partial charge < -0.3 is 19.7 Å². The number of benzene rings is 1. The highest BCUT2D eigenvalue weighted by Gasteiger charge is 2.44. The van der Waals surface area contributed by atoms with E-state index in [-0.39, 0.29) is 29.4 Å².